The third kappa shape index (κ3) is 5.47. The van der Waals surface area contributed by atoms with Crippen LogP contribution in [0.5, 0.6) is 5.75 Å². The van der Waals surface area contributed by atoms with E-state index >= 15 is 0 Å². The summed E-state index contributed by atoms with van der Waals surface area (Å²) in [7, 11) is 3.34. The maximum atomic E-state index is 12.6. The number of hydrogen-bond acceptors (Lipinski definition) is 4. The summed E-state index contributed by atoms with van der Waals surface area (Å²) in [6.07, 6.45) is 5.63. The minimum absolute atomic E-state index is 0.176. The van der Waals surface area contributed by atoms with Crippen LogP contribution in [0.3, 0.4) is 0 Å². The Kier molecular flexibility index (Phi) is 6.94. The van der Waals surface area contributed by atoms with Gasteiger partial charge in [0.05, 0.1) is 7.11 Å². The molecule has 6 nitrogen and oxygen atoms in total. The summed E-state index contributed by atoms with van der Waals surface area (Å²) >= 11 is 0. The molecule has 1 saturated carbocycles. The number of nitrogens with one attached hydrogen (secondary N) is 1. The molecule has 2 amide bonds. The molecule has 0 bridgehead atoms. The molecule has 6 heteroatoms. The largest absolute Gasteiger partial charge is 0.497 e. The summed E-state index contributed by atoms with van der Waals surface area (Å²) in [6, 6.07) is 7.86. The molecule has 0 spiro atoms. The molecule has 3 rings (SSSR count). The van der Waals surface area contributed by atoms with Crippen molar-refractivity contribution in [3.8, 4) is 5.75 Å². The van der Waals surface area contributed by atoms with E-state index in [4.69, 9.17) is 9.47 Å². The molecule has 0 unspecified atom stereocenters. The van der Waals surface area contributed by atoms with Crippen LogP contribution in [0, 0.1) is 5.92 Å². The number of aryl methyl sites for hydroxylation is 1. The van der Waals surface area contributed by atoms with E-state index < -0.39 is 0 Å². The van der Waals surface area contributed by atoms with Gasteiger partial charge in [-0.05, 0) is 56.2 Å². The van der Waals surface area contributed by atoms with Gasteiger partial charge in [0.15, 0.2) is 0 Å². The monoisotopic (exact) mass is 388 g/mol. The highest BCUT2D eigenvalue weighted by Gasteiger charge is 2.40. The normalized spacial score (nSPS) is 18.6. The summed E-state index contributed by atoms with van der Waals surface area (Å²) < 4.78 is 10.4. The molecule has 2 fully saturated rings. The van der Waals surface area contributed by atoms with Crippen LogP contribution in [0.25, 0.3) is 0 Å². The Morgan fingerprint density at radius 3 is 2.39 bits per heavy atom. The molecule has 0 radical (unpaired) electrons. The van der Waals surface area contributed by atoms with Gasteiger partial charge >= 0.3 is 0 Å². The van der Waals surface area contributed by atoms with Crippen molar-refractivity contribution in [1.82, 2.24) is 10.2 Å². The molecule has 1 N–H and O–H groups in total. The average molecular weight is 389 g/mol. The number of carbonyl (C=O) groups is 2. The first-order chi connectivity index (χ1) is 13.5. The fraction of sp³-hybridized carbons (Fsp3) is 0.636. The number of ether oxygens (including phenoxy) is 2. The second-order valence-corrected chi connectivity index (χ2v) is 8.02. The van der Waals surface area contributed by atoms with Crippen LogP contribution in [0.4, 0.5) is 0 Å². The van der Waals surface area contributed by atoms with Gasteiger partial charge in [0.2, 0.25) is 11.8 Å². The minimum atomic E-state index is -0.234. The number of nitrogens with zero attached hydrogens (tertiary/aromatic N) is 1. The zero-order valence-corrected chi connectivity index (χ0v) is 17.0. The third-order valence-electron chi connectivity index (χ3n) is 5.98. The fourth-order valence-corrected chi connectivity index (χ4v) is 3.83. The van der Waals surface area contributed by atoms with E-state index in [2.05, 4.69) is 5.32 Å². The molecule has 28 heavy (non-hydrogen) atoms. The maximum Gasteiger partial charge on any atom is 0.223 e. The first-order valence-corrected chi connectivity index (χ1v) is 10.3. The van der Waals surface area contributed by atoms with Crippen molar-refractivity contribution in [3.05, 3.63) is 29.8 Å². The number of benzene rings is 1. The van der Waals surface area contributed by atoms with Crippen LogP contribution in [-0.2, 0) is 20.7 Å². The number of amides is 2. The van der Waals surface area contributed by atoms with Crippen molar-refractivity contribution < 1.29 is 19.1 Å². The topological polar surface area (TPSA) is 67.9 Å². The lowest BCUT2D eigenvalue weighted by Gasteiger charge is -2.42. The van der Waals surface area contributed by atoms with Gasteiger partial charge in [0.1, 0.15) is 5.75 Å². The van der Waals surface area contributed by atoms with Gasteiger partial charge in [0.25, 0.3) is 0 Å². The minimum Gasteiger partial charge on any atom is -0.497 e. The standard InChI is InChI=1S/C22H32N2O4/c1-27-16-13-22(23-21(26)18-6-7-18)11-14-24(15-12-22)20(25)10-5-17-3-8-19(28-2)9-4-17/h3-4,8-9,18H,5-7,10-16H2,1-2H3,(H,23,26). The highest BCUT2D eigenvalue weighted by Crippen LogP contribution is 2.32. The van der Waals surface area contributed by atoms with E-state index in [0.29, 0.717) is 26.1 Å². The Labute approximate surface area is 167 Å². The van der Waals surface area contributed by atoms with Crippen LogP contribution in [0.1, 0.15) is 44.1 Å². The maximum absolute atomic E-state index is 12.6. The average Bonchev–Trinajstić information content (AvgIpc) is 3.57. The second kappa shape index (κ2) is 9.41. The molecule has 0 aromatic heterocycles. The van der Waals surface area contributed by atoms with Crippen molar-refractivity contribution >= 4 is 11.8 Å². The first kappa shape index (κ1) is 20.6. The SMILES string of the molecule is COCCC1(NC(=O)C2CC2)CCN(C(=O)CCc2ccc(OC)cc2)CC1. The molecule has 154 valence electrons. The zero-order chi connectivity index (χ0) is 20.0. The molecule has 1 saturated heterocycles. The van der Waals surface area contributed by atoms with Gasteiger partial charge < -0.3 is 19.7 Å². The van der Waals surface area contributed by atoms with E-state index in [1.165, 1.54) is 0 Å². The Bertz CT molecular complexity index is 662. The molecule has 2 aliphatic rings. The van der Waals surface area contributed by atoms with Crippen LogP contribution in [-0.4, -0.2) is 56.2 Å². The van der Waals surface area contributed by atoms with E-state index in [9.17, 15) is 9.59 Å². The number of carbonyl (C=O) groups excluding carboxylic acids is 2. The Morgan fingerprint density at radius 1 is 1.14 bits per heavy atom. The summed E-state index contributed by atoms with van der Waals surface area (Å²) in [5, 5.41) is 3.29. The summed E-state index contributed by atoms with van der Waals surface area (Å²) in [6.45, 7) is 2.00. The van der Waals surface area contributed by atoms with Gasteiger partial charge in [-0.2, -0.15) is 0 Å². The third-order valence-corrected chi connectivity index (χ3v) is 5.98. The van der Waals surface area contributed by atoms with Crippen molar-refractivity contribution in [3.63, 3.8) is 0 Å². The highest BCUT2D eigenvalue weighted by atomic mass is 16.5. The van der Waals surface area contributed by atoms with Crippen LogP contribution >= 0.6 is 0 Å². The second-order valence-electron chi connectivity index (χ2n) is 8.02. The molecule has 1 aromatic rings. The molecular formula is C22H32N2O4. The quantitative estimate of drug-likeness (QED) is 0.706. The lowest BCUT2D eigenvalue weighted by Crippen LogP contribution is -2.57. The van der Waals surface area contributed by atoms with Crippen LogP contribution in [0.2, 0.25) is 0 Å². The molecule has 1 aliphatic heterocycles. The van der Waals surface area contributed by atoms with Gasteiger partial charge in [-0.15, -0.1) is 0 Å². The summed E-state index contributed by atoms with van der Waals surface area (Å²) in [4.78, 5) is 26.9. The van der Waals surface area contributed by atoms with Gasteiger partial charge in [-0.25, -0.2) is 0 Å². The van der Waals surface area contributed by atoms with Gasteiger partial charge in [-0.3, -0.25) is 9.59 Å². The fourth-order valence-electron chi connectivity index (χ4n) is 3.83. The lowest BCUT2D eigenvalue weighted by molar-refractivity contribution is -0.133. The number of likely N-dealkylation sites (tertiary alicyclic amines) is 1. The number of rotatable bonds is 9. The number of piperidine rings is 1. The van der Waals surface area contributed by atoms with E-state index in [0.717, 1.165) is 49.8 Å². The van der Waals surface area contributed by atoms with Gasteiger partial charge in [-0.1, -0.05) is 12.1 Å². The predicted molar refractivity (Wildman–Crippen MR) is 107 cm³/mol. The zero-order valence-electron chi connectivity index (χ0n) is 17.0. The predicted octanol–water partition coefficient (Wildman–Crippen LogP) is 2.55. The Hall–Kier alpha value is -2.08. The molecule has 0 atom stereocenters. The Balaban J connectivity index is 1.49. The van der Waals surface area contributed by atoms with E-state index in [-0.39, 0.29) is 23.3 Å². The number of methoxy groups -OCH3 is 2. The first-order valence-electron chi connectivity index (χ1n) is 10.3. The number of hydrogen-bond donors (Lipinski definition) is 1. The lowest BCUT2D eigenvalue weighted by atomic mass is 9.84. The van der Waals surface area contributed by atoms with Gasteiger partial charge in [0, 0.05) is 44.7 Å². The summed E-state index contributed by atoms with van der Waals surface area (Å²) in [5.41, 5.74) is 0.903. The molecule has 1 aliphatic carbocycles. The van der Waals surface area contributed by atoms with Crippen molar-refractivity contribution in [2.75, 3.05) is 33.9 Å². The van der Waals surface area contributed by atoms with Crippen molar-refractivity contribution in [1.29, 1.82) is 0 Å². The van der Waals surface area contributed by atoms with E-state index in [1.54, 1.807) is 14.2 Å². The van der Waals surface area contributed by atoms with Crippen LogP contribution in [0.15, 0.2) is 24.3 Å². The smallest absolute Gasteiger partial charge is 0.223 e. The summed E-state index contributed by atoms with van der Waals surface area (Å²) in [5.74, 6) is 1.38. The van der Waals surface area contributed by atoms with Crippen molar-refractivity contribution in [2.24, 2.45) is 5.92 Å². The van der Waals surface area contributed by atoms with E-state index in [1.807, 2.05) is 29.2 Å². The molecular weight excluding hydrogens is 356 g/mol. The Morgan fingerprint density at radius 2 is 1.82 bits per heavy atom. The highest BCUT2D eigenvalue weighted by molar-refractivity contribution is 5.81. The molecule has 1 aromatic carbocycles. The van der Waals surface area contributed by atoms with Crippen LogP contribution < -0.4 is 10.1 Å². The van der Waals surface area contributed by atoms with Crippen molar-refractivity contribution in [2.45, 2.75) is 50.5 Å². The molecule has 1 heterocycles.